The highest BCUT2D eigenvalue weighted by Gasteiger charge is 2.36. The summed E-state index contributed by atoms with van der Waals surface area (Å²) in [4.78, 5) is 13.4. The Morgan fingerprint density at radius 1 is 1.18 bits per heavy atom. The van der Waals surface area contributed by atoms with Crippen molar-refractivity contribution in [1.82, 2.24) is 19.6 Å². The Kier molecular flexibility index (Phi) is 6.92. The Bertz CT molecular complexity index is 1480. The van der Waals surface area contributed by atoms with Crippen molar-refractivity contribution >= 4 is 29.0 Å². The molecule has 2 aromatic carbocycles. The molecule has 38 heavy (non-hydrogen) atoms. The largest absolute Gasteiger partial charge is 0.363 e. The molecule has 4 aromatic rings. The van der Waals surface area contributed by atoms with Crippen LogP contribution in [0.15, 0.2) is 48.7 Å². The zero-order chi connectivity index (χ0) is 27.1. The van der Waals surface area contributed by atoms with E-state index in [0.29, 0.717) is 17.1 Å². The van der Waals surface area contributed by atoms with Gasteiger partial charge in [0.1, 0.15) is 23.2 Å². The molecule has 11 heteroatoms. The third-order valence-electron chi connectivity index (χ3n) is 6.90. The van der Waals surface area contributed by atoms with Gasteiger partial charge in [-0.25, -0.2) is 17.9 Å². The lowest BCUT2D eigenvalue weighted by atomic mass is 9.96. The van der Waals surface area contributed by atoms with Crippen LogP contribution >= 0.6 is 11.6 Å². The third-order valence-corrected chi connectivity index (χ3v) is 7.26. The summed E-state index contributed by atoms with van der Waals surface area (Å²) in [6, 6.07) is 10.5. The molecule has 1 aliphatic heterocycles. The second-order valence-corrected chi connectivity index (χ2v) is 9.86. The first kappa shape index (κ1) is 25.8. The fourth-order valence-electron chi connectivity index (χ4n) is 4.76. The summed E-state index contributed by atoms with van der Waals surface area (Å²) in [5.74, 6) is -0.749. The number of fused-ring (bicyclic) bond motifs is 1. The van der Waals surface area contributed by atoms with E-state index in [-0.39, 0.29) is 34.9 Å². The maximum atomic E-state index is 14.3. The Labute approximate surface area is 222 Å². The van der Waals surface area contributed by atoms with Crippen molar-refractivity contribution in [2.45, 2.75) is 52.2 Å². The first-order valence-corrected chi connectivity index (χ1v) is 12.5. The molecule has 3 heterocycles. The summed E-state index contributed by atoms with van der Waals surface area (Å²) in [6.07, 6.45) is -1.24. The number of carbonyl (C=O) groups is 1. The molecule has 2 N–H and O–H groups in total. The van der Waals surface area contributed by atoms with Gasteiger partial charge >= 0.3 is 0 Å². The topological polar surface area (TPSA) is 76.8 Å². The summed E-state index contributed by atoms with van der Waals surface area (Å²) < 4.78 is 45.1. The fourth-order valence-corrected chi connectivity index (χ4v) is 4.99. The number of aryl methyl sites for hydroxylation is 2. The van der Waals surface area contributed by atoms with Crippen LogP contribution in [0.5, 0.6) is 0 Å². The van der Waals surface area contributed by atoms with Crippen LogP contribution in [0.1, 0.15) is 56.9 Å². The number of benzene rings is 2. The molecular formula is C27H26ClF3N6O. The van der Waals surface area contributed by atoms with Crippen LogP contribution in [-0.2, 0) is 6.54 Å². The summed E-state index contributed by atoms with van der Waals surface area (Å²) in [5.41, 5.74) is 3.87. The van der Waals surface area contributed by atoms with Gasteiger partial charge in [0.2, 0.25) is 0 Å². The van der Waals surface area contributed by atoms with Crippen LogP contribution in [0.4, 0.5) is 24.7 Å². The Morgan fingerprint density at radius 3 is 2.61 bits per heavy atom. The number of carbonyl (C=O) groups excluding carboxylic acids is 1. The van der Waals surface area contributed by atoms with Crippen LogP contribution in [0, 0.1) is 26.6 Å². The molecule has 0 aliphatic carbocycles. The van der Waals surface area contributed by atoms with E-state index in [9.17, 15) is 18.0 Å². The molecule has 1 amide bonds. The average Bonchev–Trinajstić information content (AvgIpc) is 3.42. The van der Waals surface area contributed by atoms with Crippen molar-refractivity contribution in [2.75, 3.05) is 10.6 Å². The van der Waals surface area contributed by atoms with Gasteiger partial charge in [0, 0.05) is 10.6 Å². The Hall–Kier alpha value is -3.79. The molecule has 0 saturated carbocycles. The zero-order valence-corrected chi connectivity index (χ0v) is 21.7. The van der Waals surface area contributed by atoms with E-state index in [1.165, 1.54) is 23.0 Å². The van der Waals surface area contributed by atoms with Gasteiger partial charge in [-0.15, -0.1) is 0 Å². The minimum atomic E-state index is -2.66. The SMILES string of the molecule is Cc1ccc([C@@H]2C[C@@H](C(F)F)n3ncc(C(=O)Nc4c(C)nn(Cc5c(F)cccc5Cl)c4C)c3N2)cc1. The smallest absolute Gasteiger partial charge is 0.261 e. The highest BCUT2D eigenvalue weighted by atomic mass is 35.5. The quantitative estimate of drug-likeness (QED) is 0.293. The highest BCUT2D eigenvalue weighted by molar-refractivity contribution is 6.31. The van der Waals surface area contributed by atoms with Crippen molar-refractivity contribution in [3.05, 3.63) is 93.1 Å². The van der Waals surface area contributed by atoms with E-state index >= 15 is 0 Å². The molecule has 0 saturated heterocycles. The summed E-state index contributed by atoms with van der Waals surface area (Å²) in [7, 11) is 0. The third kappa shape index (κ3) is 4.76. The lowest BCUT2D eigenvalue weighted by Gasteiger charge is -2.32. The lowest BCUT2D eigenvalue weighted by molar-refractivity contribution is 0.0657. The minimum Gasteiger partial charge on any atom is -0.363 e. The molecule has 198 valence electrons. The molecule has 0 radical (unpaired) electrons. The average molecular weight is 543 g/mol. The zero-order valence-electron chi connectivity index (χ0n) is 21.0. The van der Waals surface area contributed by atoms with Crippen molar-refractivity contribution < 1.29 is 18.0 Å². The molecule has 1 aliphatic rings. The van der Waals surface area contributed by atoms with E-state index in [4.69, 9.17) is 11.6 Å². The second-order valence-electron chi connectivity index (χ2n) is 9.45. The number of aromatic nitrogens is 4. The lowest BCUT2D eigenvalue weighted by Crippen LogP contribution is -2.31. The molecule has 2 aromatic heterocycles. The number of amides is 1. The van der Waals surface area contributed by atoms with Gasteiger partial charge in [-0.2, -0.15) is 10.2 Å². The van der Waals surface area contributed by atoms with Gasteiger partial charge in [0.05, 0.1) is 35.9 Å². The normalized spacial score (nSPS) is 16.8. The number of halogens is 4. The van der Waals surface area contributed by atoms with Crippen LogP contribution in [-0.4, -0.2) is 31.9 Å². The van der Waals surface area contributed by atoms with Crippen LogP contribution in [0.3, 0.4) is 0 Å². The number of alkyl halides is 2. The molecule has 0 fully saturated rings. The maximum Gasteiger partial charge on any atom is 0.261 e. The van der Waals surface area contributed by atoms with Crippen LogP contribution in [0.25, 0.3) is 0 Å². The van der Waals surface area contributed by atoms with Gasteiger partial charge in [-0.1, -0.05) is 47.5 Å². The monoisotopic (exact) mass is 542 g/mol. The van der Waals surface area contributed by atoms with Crippen LogP contribution in [0.2, 0.25) is 5.02 Å². The first-order valence-electron chi connectivity index (χ1n) is 12.1. The standard InChI is InChI=1S/C27H26ClF3N6O/c1-14-7-9-17(10-8-14)22-11-23(25(30)31)37-26(33-22)18(12-32-37)27(38)34-24-15(2)35-36(16(24)3)13-19-20(28)5-4-6-21(19)29/h4-10,12,22-23,25,33H,11,13H2,1-3H3,(H,34,38)/t22-,23-/m0/s1. The van der Waals surface area contributed by atoms with Crippen molar-refractivity contribution in [3.63, 3.8) is 0 Å². The van der Waals surface area contributed by atoms with Crippen molar-refractivity contribution in [2.24, 2.45) is 0 Å². The van der Waals surface area contributed by atoms with Gasteiger partial charge in [0.15, 0.2) is 0 Å². The fraction of sp³-hybridized carbons (Fsp3) is 0.296. The van der Waals surface area contributed by atoms with Gasteiger partial charge in [-0.3, -0.25) is 9.48 Å². The van der Waals surface area contributed by atoms with Gasteiger partial charge < -0.3 is 10.6 Å². The molecule has 0 spiro atoms. The van der Waals surface area contributed by atoms with E-state index in [1.807, 2.05) is 31.2 Å². The predicted octanol–water partition coefficient (Wildman–Crippen LogP) is 6.46. The van der Waals surface area contributed by atoms with E-state index in [0.717, 1.165) is 11.1 Å². The van der Waals surface area contributed by atoms with E-state index in [1.54, 1.807) is 24.6 Å². The Balaban J connectivity index is 1.43. The summed E-state index contributed by atoms with van der Waals surface area (Å²) in [6.45, 7) is 5.49. The number of hydrogen-bond donors (Lipinski definition) is 2. The molecule has 0 bridgehead atoms. The van der Waals surface area contributed by atoms with E-state index < -0.39 is 30.2 Å². The number of nitrogens with zero attached hydrogens (tertiary/aromatic N) is 4. The maximum absolute atomic E-state index is 14.3. The molecule has 2 atom stereocenters. The first-order chi connectivity index (χ1) is 18.1. The highest BCUT2D eigenvalue weighted by Crippen LogP contribution is 2.39. The molecule has 5 rings (SSSR count). The second kappa shape index (κ2) is 10.2. The van der Waals surface area contributed by atoms with Crippen molar-refractivity contribution in [1.29, 1.82) is 0 Å². The van der Waals surface area contributed by atoms with Crippen molar-refractivity contribution in [3.8, 4) is 0 Å². The van der Waals surface area contributed by atoms with Crippen LogP contribution < -0.4 is 10.6 Å². The molecule has 7 nitrogen and oxygen atoms in total. The van der Waals surface area contributed by atoms with Gasteiger partial charge in [-0.05, 0) is 44.9 Å². The van der Waals surface area contributed by atoms with Gasteiger partial charge in [0.25, 0.3) is 12.3 Å². The molecular weight excluding hydrogens is 517 g/mol. The number of nitrogens with one attached hydrogen (secondary N) is 2. The number of anilines is 2. The van der Waals surface area contributed by atoms with E-state index in [2.05, 4.69) is 20.8 Å². The predicted molar refractivity (Wildman–Crippen MR) is 140 cm³/mol. The number of hydrogen-bond acceptors (Lipinski definition) is 4. The summed E-state index contributed by atoms with van der Waals surface area (Å²) >= 11 is 6.17. The Morgan fingerprint density at radius 2 is 1.92 bits per heavy atom. The minimum absolute atomic E-state index is 0.0765. The number of rotatable bonds is 6. The summed E-state index contributed by atoms with van der Waals surface area (Å²) in [5, 5.41) is 14.9. The molecule has 0 unspecified atom stereocenters.